The van der Waals surface area contributed by atoms with Gasteiger partial charge in [-0.2, -0.15) is 0 Å². The van der Waals surface area contributed by atoms with Gasteiger partial charge in [-0.05, 0) is 19.4 Å². The summed E-state index contributed by atoms with van der Waals surface area (Å²) in [7, 11) is 1.99. The van der Waals surface area contributed by atoms with Gasteiger partial charge in [-0.15, -0.1) is 0 Å². The van der Waals surface area contributed by atoms with Gasteiger partial charge in [-0.1, -0.05) is 0 Å². The summed E-state index contributed by atoms with van der Waals surface area (Å²) in [5.74, 6) is 1.10. The second-order valence-corrected chi connectivity index (χ2v) is 4.25. The summed E-state index contributed by atoms with van der Waals surface area (Å²) in [4.78, 5) is 10.2. The molecule has 6 nitrogen and oxygen atoms in total. The maximum atomic E-state index is 7.41. The van der Waals surface area contributed by atoms with Crippen molar-refractivity contribution in [2.24, 2.45) is 0 Å². The predicted octanol–water partition coefficient (Wildman–Crippen LogP) is 0.245. The fourth-order valence-electron chi connectivity index (χ4n) is 2.16. The average molecular weight is 234 g/mol. The summed E-state index contributed by atoms with van der Waals surface area (Å²) in [5.41, 5.74) is 6.35. The van der Waals surface area contributed by atoms with E-state index in [0.717, 1.165) is 31.7 Å². The van der Waals surface area contributed by atoms with Crippen LogP contribution in [0.3, 0.4) is 0 Å². The van der Waals surface area contributed by atoms with Crippen LogP contribution in [0.1, 0.15) is 18.4 Å². The lowest BCUT2D eigenvalue weighted by Crippen LogP contribution is -2.45. The van der Waals surface area contributed by atoms with Crippen LogP contribution in [0.5, 0.6) is 0 Å². The Morgan fingerprint density at radius 2 is 2.41 bits per heavy atom. The molecule has 1 aliphatic rings. The summed E-state index contributed by atoms with van der Waals surface area (Å²) < 4.78 is 0. The quantitative estimate of drug-likeness (QED) is 0.652. The third-order valence-corrected chi connectivity index (χ3v) is 3.19. The SMILES string of the molecule is CN(c1ncnc(N)c1C=N)C1CCCNC1. The van der Waals surface area contributed by atoms with E-state index in [4.69, 9.17) is 11.1 Å². The number of piperidine rings is 1. The molecule has 4 N–H and O–H groups in total. The summed E-state index contributed by atoms with van der Waals surface area (Å²) in [6, 6.07) is 0.400. The molecule has 1 fully saturated rings. The molecule has 1 aromatic rings. The van der Waals surface area contributed by atoms with Crippen molar-refractivity contribution in [2.75, 3.05) is 30.8 Å². The first-order valence-corrected chi connectivity index (χ1v) is 5.78. The van der Waals surface area contributed by atoms with Gasteiger partial charge in [0.2, 0.25) is 0 Å². The van der Waals surface area contributed by atoms with E-state index in [2.05, 4.69) is 20.2 Å². The molecule has 6 heteroatoms. The molecule has 1 aromatic heterocycles. The Morgan fingerprint density at radius 1 is 1.59 bits per heavy atom. The van der Waals surface area contributed by atoms with Crippen LogP contribution >= 0.6 is 0 Å². The molecule has 1 saturated heterocycles. The number of hydrogen-bond acceptors (Lipinski definition) is 6. The van der Waals surface area contributed by atoms with Crippen LogP contribution < -0.4 is 16.0 Å². The molecular weight excluding hydrogens is 216 g/mol. The Labute approximate surface area is 101 Å². The molecule has 17 heavy (non-hydrogen) atoms. The zero-order valence-corrected chi connectivity index (χ0v) is 9.98. The number of likely N-dealkylation sites (N-methyl/N-ethyl adjacent to an activating group) is 1. The smallest absolute Gasteiger partial charge is 0.143 e. The van der Waals surface area contributed by atoms with Crippen molar-refractivity contribution < 1.29 is 0 Å². The molecular formula is C11H18N6. The zero-order chi connectivity index (χ0) is 12.3. The lowest BCUT2D eigenvalue weighted by atomic mass is 10.1. The molecule has 0 radical (unpaired) electrons. The third-order valence-electron chi connectivity index (χ3n) is 3.19. The van der Waals surface area contributed by atoms with Crippen molar-refractivity contribution in [3.63, 3.8) is 0 Å². The number of nitrogen functional groups attached to an aromatic ring is 1. The van der Waals surface area contributed by atoms with Crippen molar-refractivity contribution in [1.29, 1.82) is 5.41 Å². The molecule has 0 aliphatic carbocycles. The van der Waals surface area contributed by atoms with Crippen molar-refractivity contribution in [3.8, 4) is 0 Å². The van der Waals surface area contributed by atoms with Gasteiger partial charge in [-0.3, -0.25) is 0 Å². The van der Waals surface area contributed by atoms with E-state index in [0.29, 0.717) is 17.4 Å². The minimum Gasteiger partial charge on any atom is -0.383 e. The number of hydrogen-bond donors (Lipinski definition) is 3. The molecule has 1 atom stereocenters. The predicted molar refractivity (Wildman–Crippen MR) is 68.6 cm³/mol. The van der Waals surface area contributed by atoms with Crippen LogP contribution in [-0.2, 0) is 0 Å². The number of nitrogens with zero attached hydrogens (tertiary/aromatic N) is 3. The Hall–Kier alpha value is -1.69. The highest BCUT2D eigenvalue weighted by atomic mass is 15.2. The molecule has 0 spiro atoms. The molecule has 0 saturated carbocycles. The van der Waals surface area contributed by atoms with E-state index in [1.54, 1.807) is 0 Å². The Bertz CT molecular complexity index is 399. The molecule has 0 bridgehead atoms. The van der Waals surface area contributed by atoms with Crippen LogP contribution in [-0.4, -0.2) is 42.4 Å². The number of aromatic nitrogens is 2. The standard InChI is InChI=1S/C11H18N6/c1-17(8-3-2-4-14-6-8)11-9(5-12)10(13)15-7-16-11/h5,7-8,12,14H,2-4,6H2,1H3,(H2,13,15,16). The lowest BCUT2D eigenvalue weighted by molar-refractivity contribution is 0.443. The highest BCUT2D eigenvalue weighted by molar-refractivity contribution is 5.90. The summed E-state index contributed by atoms with van der Waals surface area (Å²) in [6.07, 6.45) is 4.96. The number of nitrogens with one attached hydrogen (secondary N) is 2. The van der Waals surface area contributed by atoms with E-state index in [9.17, 15) is 0 Å². The van der Waals surface area contributed by atoms with Gasteiger partial charge in [0.25, 0.3) is 0 Å². The first-order valence-electron chi connectivity index (χ1n) is 5.78. The minimum atomic E-state index is 0.362. The van der Waals surface area contributed by atoms with Gasteiger partial charge in [0.1, 0.15) is 18.0 Å². The van der Waals surface area contributed by atoms with Crippen molar-refractivity contribution in [2.45, 2.75) is 18.9 Å². The summed E-state index contributed by atoms with van der Waals surface area (Å²) >= 11 is 0. The molecule has 2 heterocycles. The molecule has 1 unspecified atom stereocenters. The molecule has 2 rings (SSSR count). The minimum absolute atomic E-state index is 0.362. The van der Waals surface area contributed by atoms with Gasteiger partial charge in [0.05, 0.1) is 5.56 Å². The lowest BCUT2D eigenvalue weighted by Gasteiger charge is -2.33. The maximum Gasteiger partial charge on any atom is 0.143 e. The first kappa shape index (κ1) is 11.8. The van der Waals surface area contributed by atoms with Crippen LogP contribution in [0.2, 0.25) is 0 Å². The van der Waals surface area contributed by atoms with Crippen molar-refractivity contribution in [1.82, 2.24) is 15.3 Å². The van der Waals surface area contributed by atoms with Gasteiger partial charge in [-0.25, -0.2) is 9.97 Å². The van der Waals surface area contributed by atoms with Crippen LogP contribution in [0.4, 0.5) is 11.6 Å². The van der Waals surface area contributed by atoms with Crippen molar-refractivity contribution in [3.05, 3.63) is 11.9 Å². The zero-order valence-electron chi connectivity index (χ0n) is 9.98. The van der Waals surface area contributed by atoms with Gasteiger partial charge in [0, 0.05) is 25.8 Å². The Kier molecular flexibility index (Phi) is 3.53. The van der Waals surface area contributed by atoms with E-state index >= 15 is 0 Å². The normalized spacial score (nSPS) is 19.9. The fourth-order valence-corrected chi connectivity index (χ4v) is 2.16. The monoisotopic (exact) mass is 234 g/mol. The highest BCUT2D eigenvalue weighted by Crippen LogP contribution is 2.22. The van der Waals surface area contributed by atoms with E-state index in [1.165, 1.54) is 12.5 Å². The van der Waals surface area contributed by atoms with Crippen molar-refractivity contribution >= 4 is 17.9 Å². The number of rotatable bonds is 3. The maximum absolute atomic E-state index is 7.41. The second-order valence-electron chi connectivity index (χ2n) is 4.25. The fraction of sp³-hybridized carbons (Fsp3) is 0.545. The number of anilines is 2. The van der Waals surface area contributed by atoms with E-state index in [-0.39, 0.29) is 0 Å². The molecule has 1 aliphatic heterocycles. The van der Waals surface area contributed by atoms with Gasteiger partial charge in [0.15, 0.2) is 0 Å². The van der Waals surface area contributed by atoms with Crippen LogP contribution in [0.25, 0.3) is 0 Å². The van der Waals surface area contributed by atoms with Crippen LogP contribution in [0, 0.1) is 5.41 Å². The van der Waals surface area contributed by atoms with E-state index in [1.807, 2.05) is 7.05 Å². The third kappa shape index (κ3) is 2.36. The average Bonchev–Trinajstić information content (AvgIpc) is 2.38. The van der Waals surface area contributed by atoms with Gasteiger partial charge >= 0.3 is 0 Å². The largest absolute Gasteiger partial charge is 0.383 e. The Balaban J connectivity index is 2.26. The highest BCUT2D eigenvalue weighted by Gasteiger charge is 2.21. The second kappa shape index (κ2) is 5.09. The molecule has 0 aromatic carbocycles. The summed E-state index contributed by atoms with van der Waals surface area (Å²) in [6.45, 7) is 2.02. The van der Waals surface area contributed by atoms with E-state index < -0.39 is 0 Å². The Morgan fingerprint density at radius 3 is 3.06 bits per heavy atom. The van der Waals surface area contributed by atoms with Crippen LogP contribution in [0.15, 0.2) is 6.33 Å². The first-order chi connectivity index (χ1) is 8.24. The number of nitrogens with two attached hydrogens (primary N) is 1. The molecule has 0 amide bonds. The topological polar surface area (TPSA) is 90.9 Å². The van der Waals surface area contributed by atoms with Gasteiger partial charge < -0.3 is 21.4 Å². The summed E-state index contributed by atoms with van der Waals surface area (Å²) in [5, 5.41) is 10.8. The molecule has 92 valence electrons.